The molecule has 0 bridgehead atoms. The summed E-state index contributed by atoms with van der Waals surface area (Å²) in [6.45, 7) is 5.10. The number of piperazine rings is 1. The second-order valence-corrected chi connectivity index (χ2v) is 7.09. The van der Waals surface area contributed by atoms with Gasteiger partial charge in [0.15, 0.2) is 11.4 Å². The summed E-state index contributed by atoms with van der Waals surface area (Å²) in [4.78, 5) is 21.7. The van der Waals surface area contributed by atoms with Crippen LogP contribution in [0, 0.1) is 0 Å². The average molecular weight is 375 g/mol. The fourth-order valence-corrected chi connectivity index (χ4v) is 3.80. The molecule has 4 aromatic rings. The minimum atomic E-state index is 0.0262. The Morgan fingerprint density at radius 3 is 2.50 bits per heavy atom. The molecule has 0 saturated carbocycles. The first-order valence-corrected chi connectivity index (χ1v) is 9.55. The normalized spacial score (nSPS) is 15.5. The Bertz CT molecular complexity index is 1170. The molecule has 0 amide bonds. The molecular weight excluding hydrogens is 354 g/mol. The predicted octanol–water partition coefficient (Wildman–Crippen LogP) is 2.36. The summed E-state index contributed by atoms with van der Waals surface area (Å²) in [6, 6.07) is 15.4. The minimum absolute atomic E-state index is 0.0262. The van der Waals surface area contributed by atoms with Gasteiger partial charge in [-0.3, -0.25) is 14.3 Å². The molecule has 1 fully saturated rings. The van der Waals surface area contributed by atoms with Gasteiger partial charge in [-0.2, -0.15) is 0 Å². The molecule has 142 valence electrons. The second-order valence-electron chi connectivity index (χ2n) is 7.09. The maximum Gasteiger partial charge on any atom is 0.261 e. The molecule has 1 aliphatic heterocycles. The van der Waals surface area contributed by atoms with Crippen molar-refractivity contribution in [2.45, 2.75) is 6.54 Å². The second kappa shape index (κ2) is 7.09. The van der Waals surface area contributed by atoms with Crippen molar-refractivity contribution in [1.82, 2.24) is 19.6 Å². The lowest BCUT2D eigenvalue weighted by atomic mass is 10.2. The SMILES string of the molecule is O=c1c2ccccc2ncn1CCN1CCN(c2noc3ccccc23)CC1. The molecule has 3 heterocycles. The van der Waals surface area contributed by atoms with Gasteiger partial charge in [-0.1, -0.05) is 29.4 Å². The van der Waals surface area contributed by atoms with E-state index in [4.69, 9.17) is 4.52 Å². The number of nitrogens with zero attached hydrogens (tertiary/aromatic N) is 5. The third kappa shape index (κ3) is 3.03. The molecule has 0 aliphatic carbocycles. The van der Waals surface area contributed by atoms with Gasteiger partial charge in [-0.05, 0) is 24.3 Å². The highest BCUT2D eigenvalue weighted by Crippen LogP contribution is 2.26. The van der Waals surface area contributed by atoms with Gasteiger partial charge in [0.2, 0.25) is 0 Å². The molecule has 0 radical (unpaired) electrons. The van der Waals surface area contributed by atoms with Gasteiger partial charge >= 0.3 is 0 Å². The van der Waals surface area contributed by atoms with Crippen LogP contribution < -0.4 is 10.5 Å². The van der Waals surface area contributed by atoms with E-state index in [1.165, 1.54) is 0 Å². The number of para-hydroxylation sites is 2. The molecular formula is C21H21N5O2. The van der Waals surface area contributed by atoms with E-state index in [9.17, 15) is 4.79 Å². The summed E-state index contributed by atoms with van der Waals surface area (Å²) >= 11 is 0. The van der Waals surface area contributed by atoms with Crippen LogP contribution in [-0.2, 0) is 6.54 Å². The Kier molecular flexibility index (Phi) is 4.29. The van der Waals surface area contributed by atoms with E-state index in [0.29, 0.717) is 11.9 Å². The fourth-order valence-electron chi connectivity index (χ4n) is 3.80. The van der Waals surface area contributed by atoms with Crippen molar-refractivity contribution in [3.8, 4) is 0 Å². The fraction of sp³-hybridized carbons (Fsp3) is 0.286. The molecule has 0 unspecified atom stereocenters. The average Bonchev–Trinajstić information content (AvgIpc) is 3.18. The van der Waals surface area contributed by atoms with Gasteiger partial charge < -0.3 is 9.42 Å². The van der Waals surface area contributed by atoms with Gasteiger partial charge in [-0.15, -0.1) is 0 Å². The summed E-state index contributed by atoms with van der Waals surface area (Å²) < 4.78 is 7.14. The first-order valence-electron chi connectivity index (χ1n) is 9.55. The maximum atomic E-state index is 12.6. The van der Waals surface area contributed by atoms with E-state index in [2.05, 4.69) is 19.9 Å². The number of hydrogen-bond donors (Lipinski definition) is 0. The molecule has 0 N–H and O–H groups in total. The van der Waals surface area contributed by atoms with Crippen LogP contribution in [0.15, 0.2) is 64.2 Å². The molecule has 1 aliphatic rings. The summed E-state index contributed by atoms with van der Waals surface area (Å²) in [5.74, 6) is 0.921. The van der Waals surface area contributed by atoms with Gasteiger partial charge in [-0.25, -0.2) is 4.98 Å². The monoisotopic (exact) mass is 375 g/mol. The smallest absolute Gasteiger partial charge is 0.261 e. The molecule has 2 aromatic carbocycles. The highest BCUT2D eigenvalue weighted by molar-refractivity contribution is 5.88. The summed E-state index contributed by atoms with van der Waals surface area (Å²) in [5.41, 5.74) is 1.60. The third-order valence-corrected chi connectivity index (χ3v) is 5.42. The Balaban J connectivity index is 1.23. The first kappa shape index (κ1) is 16.9. The summed E-state index contributed by atoms with van der Waals surface area (Å²) in [5, 5.41) is 5.99. The highest BCUT2D eigenvalue weighted by Gasteiger charge is 2.21. The molecule has 1 saturated heterocycles. The predicted molar refractivity (Wildman–Crippen MR) is 109 cm³/mol. The van der Waals surface area contributed by atoms with E-state index in [-0.39, 0.29) is 5.56 Å². The van der Waals surface area contributed by atoms with Crippen LogP contribution in [0.4, 0.5) is 5.82 Å². The Hall–Kier alpha value is -3.19. The number of aromatic nitrogens is 3. The van der Waals surface area contributed by atoms with E-state index in [1.54, 1.807) is 10.9 Å². The van der Waals surface area contributed by atoms with Gasteiger partial charge in [0.25, 0.3) is 5.56 Å². The minimum Gasteiger partial charge on any atom is -0.354 e. The van der Waals surface area contributed by atoms with E-state index < -0.39 is 0 Å². The quantitative estimate of drug-likeness (QED) is 0.546. The van der Waals surface area contributed by atoms with Crippen LogP contribution in [0.3, 0.4) is 0 Å². The van der Waals surface area contributed by atoms with Gasteiger partial charge in [0.1, 0.15) is 0 Å². The lowest BCUT2D eigenvalue weighted by molar-refractivity contribution is 0.246. The van der Waals surface area contributed by atoms with Crippen molar-refractivity contribution in [3.05, 3.63) is 65.2 Å². The molecule has 2 aromatic heterocycles. The zero-order valence-corrected chi connectivity index (χ0v) is 15.5. The van der Waals surface area contributed by atoms with Gasteiger partial charge in [0.05, 0.1) is 22.6 Å². The molecule has 5 rings (SSSR count). The largest absolute Gasteiger partial charge is 0.354 e. The topological polar surface area (TPSA) is 67.4 Å². The summed E-state index contributed by atoms with van der Waals surface area (Å²) in [6.07, 6.45) is 1.66. The Morgan fingerprint density at radius 1 is 0.893 bits per heavy atom. The summed E-state index contributed by atoms with van der Waals surface area (Å²) in [7, 11) is 0. The molecule has 28 heavy (non-hydrogen) atoms. The standard InChI is InChI=1S/C21H21N5O2/c27-21-16-5-1-3-7-18(16)22-15-26(21)14-11-24-9-12-25(13-10-24)20-17-6-2-4-8-19(17)28-23-20/h1-8,15H,9-14H2. The van der Waals surface area contributed by atoms with Crippen molar-refractivity contribution >= 4 is 27.7 Å². The van der Waals surface area contributed by atoms with Crippen LogP contribution in [0.25, 0.3) is 21.9 Å². The zero-order chi connectivity index (χ0) is 18.9. The molecule has 7 nitrogen and oxygen atoms in total. The van der Waals surface area contributed by atoms with E-state index in [1.807, 2.05) is 48.5 Å². The number of benzene rings is 2. The lowest BCUT2D eigenvalue weighted by Crippen LogP contribution is -2.47. The molecule has 7 heteroatoms. The number of hydrogen-bond acceptors (Lipinski definition) is 6. The van der Waals surface area contributed by atoms with Crippen molar-refractivity contribution in [2.75, 3.05) is 37.6 Å². The maximum absolute atomic E-state index is 12.6. The Morgan fingerprint density at radius 2 is 1.64 bits per heavy atom. The molecule has 0 spiro atoms. The van der Waals surface area contributed by atoms with E-state index in [0.717, 1.165) is 55.0 Å². The van der Waals surface area contributed by atoms with Crippen LogP contribution in [0.2, 0.25) is 0 Å². The van der Waals surface area contributed by atoms with Crippen molar-refractivity contribution in [2.24, 2.45) is 0 Å². The van der Waals surface area contributed by atoms with Crippen LogP contribution >= 0.6 is 0 Å². The number of fused-ring (bicyclic) bond motifs is 2. The van der Waals surface area contributed by atoms with Crippen LogP contribution in [-0.4, -0.2) is 52.3 Å². The molecule has 0 atom stereocenters. The van der Waals surface area contributed by atoms with Gasteiger partial charge in [0, 0.05) is 39.3 Å². The number of rotatable bonds is 4. The lowest BCUT2D eigenvalue weighted by Gasteiger charge is -2.34. The van der Waals surface area contributed by atoms with Crippen molar-refractivity contribution in [1.29, 1.82) is 0 Å². The van der Waals surface area contributed by atoms with Crippen molar-refractivity contribution in [3.63, 3.8) is 0 Å². The first-order chi connectivity index (χ1) is 13.8. The highest BCUT2D eigenvalue weighted by atomic mass is 16.5. The van der Waals surface area contributed by atoms with Crippen LogP contribution in [0.1, 0.15) is 0 Å². The Labute approximate surface area is 161 Å². The van der Waals surface area contributed by atoms with Crippen LogP contribution in [0.5, 0.6) is 0 Å². The van der Waals surface area contributed by atoms with Crippen molar-refractivity contribution < 1.29 is 4.52 Å². The third-order valence-electron chi connectivity index (χ3n) is 5.42. The number of anilines is 1. The van der Waals surface area contributed by atoms with E-state index >= 15 is 0 Å². The zero-order valence-electron chi connectivity index (χ0n) is 15.5.